The zero-order valence-electron chi connectivity index (χ0n) is 6.94. The average molecular weight is 177 g/mol. The van der Waals surface area contributed by atoms with Gasteiger partial charge in [-0.15, -0.1) is 0 Å². The molecule has 0 saturated heterocycles. The second-order valence-electron chi connectivity index (χ2n) is 2.70. The smallest absolute Gasteiger partial charge is 0.264 e. The van der Waals surface area contributed by atoms with Gasteiger partial charge in [-0.2, -0.15) is 0 Å². The second-order valence-corrected chi connectivity index (χ2v) is 2.70. The van der Waals surface area contributed by atoms with Gasteiger partial charge < -0.3 is 9.52 Å². The van der Waals surface area contributed by atoms with Crippen molar-refractivity contribution >= 4 is 16.9 Å². The number of hydrogen-bond donors (Lipinski definition) is 1. The summed E-state index contributed by atoms with van der Waals surface area (Å²) in [4.78, 5) is 14.8. The summed E-state index contributed by atoms with van der Waals surface area (Å²) in [7, 11) is 0. The Bertz CT molecular complexity index is 473. The molecule has 0 aliphatic carbocycles. The predicted molar refractivity (Wildman–Crippen MR) is 45.7 cm³/mol. The molecule has 1 aromatic carbocycles. The molecule has 1 heterocycles. The molecule has 0 spiro atoms. The number of fused-ring (bicyclic) bond motifs is 1. The van der Waals surface area contributed by atoms with Crippen molar-refractivity contribution < 1.29 is 14.3 Å². The number of benzene rings is 1. The molecule has 0 fully saturated rings. The summed E-state index contributed by atoms with van der Waals surface area (Å²) >= 11 is 0. The van der Waals surface area contributed by atoms with Crippen molar-refractivity contribution in [3.05, 3.63) is 24.1 Å². The number of carbonyl (C=O) groups is 1. The molecule has 0 aliphatic rings. The van der Waals surface area contributed by atoms with Crippen molar-refractivity contribution in [1.82, 2.24) is 4.98 Å². The van der Waals surface area contributed by atoms with Crippen LogP contribution in [0.5, 0.6) is 5.75 Å². The molecule has 66 valence electrons. The molecule has 0 bridgehead atoms. The Labute approximate surface area is 73.8 Å². The molecule has 2 aromatic rings. The van der Waals surface area contributed by atoms with Crippen LogP contribution < -0.4 is 0 Å². The molecule has 0 atom stereocenters. The van der Waals surface area contributed by atoms with E-state index in [0.29, 0.717) is 5.52 Å². The fourth-order valence-electron chi connectivity index (χ4n) is 1.09. The van der Waals surface area contributed by atoms with Crippen molar-refractivity contribution in [3.63, 3.8) is 0 Å². The molecule has 1 N–H and O–H groups in total. The van der Waals surface area contributed by atoms with E-state index in [9.17, 15) is 9.90 Å². The number of ketones is 1. The fourth-order valence-corrected chi connectivity index (χ4v) is 1.09. The topological polar surface area (TPSA) is 63.3 Å². The van der Waals surface area contributed by atoms with Crippen LogP contribution in [0.2, 0.25) is 0 Å². The summed E-state index contributed by atoms with van der Waals surface area (Å²) < 4.78 is 5.05. The summed E-state index contributed by atoms with van der Waals surface area (Å²) in [6.45, 7) is 1.36. The Morgan fingerprint density at radius 2 is 2.31 bits per heavy atom. The van der Waals surface area contributed by atoms with E-state index in [1.165, 1.54) is 13.0 Å². The van der Waals surface area contributed by atoms with Gasteiger partial charge in [0.15, 0.2) is 11.3 Å². The van der Waals surface area contributed by atoms with Gasteiger partial charge in [0.25, 0.3) is 5.89 Å². The number of nitrogens with zero attached hydrogens (tertiary/aromatic N) is 1. The van der Waals surface area contributed by atoms with Crippen molar-refractivity contribution in [3.8, 4) is 5.75 Å². The highest BCUT2D eigenvalue weighted by molar-refractivity contribution is 5.93. The molecule has 0 amide bonds. The van der Waals surface area contributed by atoms with Crippen molar-refractivity contribution in [2.24, 2.45) is 0 Å². The fraction of sp³-hybridized carbons (Fsp3) is 0.111. The van der Waals surface area contributed by atoms with E-state index in [1.807, 2.05) is 0 Å². The van der Waals surface area contributed by atoms with E-state index >= 15 is 0 Å². The zero-order chi connectivity index (χ0) is 9.42. The van der Waals surface area contributed by atoms with E-state index in [2.05, 4.69) is 4.98 Å². The molecule has 0 radical (unpaired) electrons. The highest BCUT2D eigenvalue weighted by Gasteiger charge is 2.11. The third kappa shape index (κ3) is 1.16. The largest absolute Gasteiger partial charge is 0.504 e. The maximum Gasteiger partial charge on any atom is 0.264 e. The van der Waals surface area contributed by atoms with E-state index in [4.69, 9.17) is 4.42 Å². The van der Waals surface area contributed by atoms with Crippen LogP contribution >= 0.6 is 0 Å². The molecule has 0 unspecified atom stereocenters. The number of aromatic hydroxyl groups is 1. The summed E-state index contributed by atoms with van der Waals surface area (Å²) in [6, 6.07) is 4.80. The highest BCUT2D eigenvalue weighted by atomic mass is 16.4. The van der Waals surface area contributed by atoms with Crippen molar-refractivity contribution in [1.29, 1.82) is 0 Å². The number of phenols is 1. The summed E-state index contributed by atoms with van der Waals surface area (Å²) in [5.41, 5.74) is 0.748. The predicted octanol–water partition coefficient (Wildman–Crippen LogP) is 1.74. The minimum Gasteiger partial charge on any atom is -0.504 e. The van der Waals surface area contributed by atoms with Crippen LogP contribution in [0.3, 0.4) is 0 Å². The first kappa shape index (κ1) is 7.79. The Hall–Kier alpha value is -1.84. The number of phenolic OH excluding ortho intramolecular Hbond substituents is 1. The Morgan fingerprint density at radius 1 is 1.54 bits per heavy atom. The van der Waals surface area contributed by atoms with Crippen LogP contribution in [0.15, 0.2) is 22.6 Å². The van der Waals surface area contributed by atoms with Gasteiger partial charge in [0.2, 0.25) is 5.78 Å². The van der Waals surface area contributed by atoms with Crippen LogP contribution in [-0.2, 0) is 0 Å². The maximum atomic E-state index is 10.9. The molecule has 4 heteroatoms. The monoisotopic (exact) mass is 177 g/mol. The first-order valence-corrected chi connectivity index (χ1v) is 3.78. The van der Waals surface area contributed by atoms with Crippen molar-refractivity contribution in [2.45, 2.75) is 6.92 Å². The lowest BCUT2D eigenvalue weighted by Gasteiger charge is -1.88. The van der Waals surface area contributed by atoms with Crippen LogP contribution in [-0.4, -0.2) is 15.9 Å². The SMILES string of the molecule is CC(=O)c1nc2cccc(O)c2o1. The molecular weight excluding hydrogens is 170 g/mol. The van der Waals surface area contributed by atoms with Gasteiger partial charge in [-0.05, 0) is 12.1 Å². The van der Waals surface area contributed by atoms with Gasteiger partial charge in [-0.3, -0.25) is 4.79 Å². The van der Waals surface area contributed by atoms with E-state index < -0.39 is 0 Å². The third-order valence-electron chi connectivity index (χ3n) is 1.70. The normalized spacial score (nSPS) is 10.5. The minimum absolute atomic E-state index is 0.00231. The molecule has 4 nitrogen and oxygen atoms in total. The summed E-state index contributed by atoms with van der Waals surface area (Å²) in [6.07, 6.45) is 0. The standard InChI is InChI=1S/C9H7NO3/c1-5(11)9-10-6-3-2-4-7(12)8(6)13-9/h2-4,12H,1H3. The number of hydrogen-bond acceptors (Lipinski definition) is 4. The van der Waals surface area contributed by atoms with Gasteiger partial charge in [0, 0.05) is 6.92 Å². The second kappa shape index (κ2) is 2.58. The third-order valence-corrected chi connectivity index (χ3v) is 1.70. The average Bonchev–Trinajstić information content (AvgIpc) is 2.49. The summed E-state index contributed by atoms with van der Waals surface area (Å²) in [5, 5.41) is 9.32. The molecule has 0 saturated carbocycles. The molecular formula is C9H7NO3. The van der Waals surface area contributed by atoms with Gasteiger partial charge in [0.05, 0.1) is 0 Å². The van der Waals surface area contributed by atoms with Gasteiger partial charge in [0.1, 0.15) is 5.52 Å². The Balaban J connectivity index is 2.75. The van der Waals surface area contributed by atoms with E-state index in [0.717, 1.165) is 0 Å². The van der Waals surface area contributed by atoms with Crippen LogP contribution in [0.4, 0.5) is 0 Å². The lowest BCUT2D eigenvalue weighted by molar-refractivity contribution is 0.0983. The lowest BCUT2D eigenvalue weighted by Crippen LogP contribution is -1.89. The summed E-state index contributed by atoms with van der Waals surface area (Å²) in [5.74, 6) is -0.232. The maximum absolute atomic E-state index is 10.9. The van der Waals surface area contributed by atoms with Gasteiger partial charge in [-0.25, -0.2) is 4.98 Å². The first-order valence-electron chi connectivity index (χ1n) is 3.78. The highest BCUT2D eigenvalue weighted by Crippen LogP contribution is 2.24. The van der Waals surface area contributed by atoms with E-state index in [1.54, 1.807) is 12.1 Å². The number of carbonyl (C=O) groups excluding carboxylic acids is 1. The number of Topliss-reactive ketones (excluding diaryl/α,β-unsaturated/α-hetero) is 1. The van der Waals surface area contributed by atoms with Crippen LogP contribution in [0, 0.1) is 0 Å². The Kier molecular flexibility index (Phi) is 1.55. The molecule has 1 aromatic heterocycles. The molecule has 0 aliphatic heterocycles. The number of aromatic nitrogens is 1. The van der Waals surface area contributed by atoms with Gasteiger partial charge in [-0.1, -0.05) is 6.07 Å². The Morgan fingerprint density at radius 3 is 2.92 bits per heavy atom. The van der Waals surface area contributed by atoms with E-state index in [-0.39, 0.29) is 23.0 Å². The minimum atomic E-state index is -0.254. The van der Waals surface area contributed by atoms with Gasteiger partial charge >= 0.3 is 0 Å². The number of para-hydroxylation sites is 1. The quantitative estimate of drug-likeness (QED) is 0.674. The number of oxazole rings is 1. The number of rotatable bonds is 1. The lowest BCUT2D eigenvalue weighted by atomic mass is 10.3. The molecule has 2 rings (SSSR count). The first-order chi connectivity index (χ1) is 6.18. The molecule has 13 heavy (non-hydrogen) atoms. The van der Waals surface area contributed by atoms with Crippen molar-refractivity contribution in [2.75, 3.05) is 0 Å². The van der Waals surface area contributed by atoms with Crippen LogP contribution in [0.1, 0.15) is 17.6 Å². The zero-order valence-corrected chi connectivity index (χ0v) is 6.94. The van der Waals surface area contributed by atoms with Crippen LogP contribution in [0.25, 0.3) is 11.1 Å².